The quantitative estimate of drug-likeness (QED) is 0.305. The molecule has 0 aromatic rings. The Labute approximate surface area is 153 Å². The predicted octanol–water partition coefficient (Wildman–Crippen LogP) is 4.54. The van der Waals surface area contributed by atoms with Gasteiger partial charge in [-0.2, -0.15) is 0 Å². The van der Waals surface area contributed by atoms with E-state index in [0.29, 0.717) is 13.2 Å². The summed E-state index contributed by atoms with van der Waals surface area (Å²) >= 11 is 0. The van der Waals surface area contributed by atoms with Crippen molar-refractivity contribution in [1.29, 1.82) is 0 Å². The Morgan fingerprint density at radius 2 is 1.16 bits per heavy atom. The van der Waals surface area contributed by atoms with Gasteiger partial charge in [0.25, 0.3) is 0 Å². The van der Waals surface area contributed by atoms with Gasteiger partial charge in [0.15, 0.2) is 6.10 Å². The van der Waals surface area contributed by atoms with Gasteiger partial charge in [-0.15, -0.1) is 0 Å². The number of hydrogen-bond donors (Lipinski definition) is 1. The average Bonchev–Trinajstić information content (AvgIpc) is 2.59. The number of ether oxygens (including phenoxy) is 2. The highest BCUT2D eigenvalue weighted by Crippen LogP contribution is 2.07. The number of hydrogen-bond acceptors (Lipinski definition) is 5. The van der Waals surface area contributed by atoms with Gasteiger partial charge in [0.05, 0.1) is 19.6 Å². The van der Waals surface area contributed by atoms with E-state index in [1.165, 1.54) is 38.5 Å². The minimum Gasteiger partial charge on any atom is -0.466 e. The first-order valence-electron chi connectivity index (χ1n) is 10.1. The smallest absolute Gasteiger partial charge is 0.335 e. The van der Waals surface area contributed by atoms with Gasteiger partial charge in [-0.25, -0.2) is 4.79 Å². The fourth-order valence-electron chi connectivity index (χ4n) is 2.52. The Kier molecular flexibility index (Phi) is 16.9. The van der Waals surface area contributed by atoms with E-state index < -0.39 is 18.0 Å². The summed E-state index contributed by atoms with van der Waals surface area (Å²) in [6.07, 6.45) is 11.5. The molecule has 0 heterocycles. The molecular weight excluding hydrogens is 320 g/mol. The summed E-state index contributed by atoms with van der Waals surface area (Å²) in [4.78, 5) is 23.2. The van der Waals surface area contributed by atoms with Crippen molar-refractivity contribution in [2.75, 3.05) is 13.2 Å². The second-order valence-electron chi connectivity index (χ2n) is 6.64. The molecular formula is C20H38O5. The largest absolute Gasteiger partial charge is 0.466 e. The van der Waals surface area contributed by atoms with Crippen LogP contribution in [0.5, 0.6) is 0 Å². The number of esters is 2. The maximum Gasteiger partial charge on any atom is 0.335 e. The summed E-state index contributed by atoms with van der Waals surface area (Å²) in [5, 5.41) is 9.69. The molecule has 0 radical (unpaired) electrons. The SMILES string of the molecule is CCCCCCCCOC(=O)C[C@@H](O)C(=O)OCCCCCCCC. The lowest BCUT2D eigenvalue weighted by molar-refractivity contribution is -0.160. The first kappa shape index (κ1) is 23.9. The van der Waals surface area contributed by atoms with Crippen LogP contribution in [0.25, 0.3) is 0 Å². The number of aliphatic hydroxyl groups is 1. The summed E-state index contributed by atoms with van der Waals surface area (Å²) in [5.74, 6) is -1.28. The first-order valence-corrected chi connectivity index (χ1v) is 10.1. The number of carbonyl (C=O) groups excluding carboxylic acids is 2. The molecule has 0 saturated heterocycles. The van der Waals surface area contributed by atoms with Crippen molar-refractivity contribution >= 4 is 11.9 Å². The summed E-state index contributed by atoms with van der Waals surface area (Å²) in [7, 11) is 0. The Bertz CT molecular complexity index is 330. The molecule has 5 nitrogen and oxygen atoms in total. The van der Waals surface area contributed by atoms with Crippen molar-refractivity contribution in [1.82, 2.24) is 0 Å². The summed E-state index contributed by atoms with van der Waals surface area (Å²) in [6, 6.07) is 0. The van der Waals surface area contributed by atoms with Crippen LogP contribution in [-0.4, -0.2) is 36.4 Å². The van der Waals surface area contributed by atoms with Gasteiger partial charge < -0.3 is 14.6 Å². The molecule has 0 aromatic heterocycles. The zero-order valence-electron chi connectivity index (χ0n) is 16.3. The van der Waals surface area contributed by atoms with E-state index in [9.17, 15) is 14.7 Å². The van der Waals surface area contributed by atoms with E-state index in [1.807, 2.05) is 0 Å². The van der Waals surface area contributed by atoms with E-state index in [1.54, 1.807) is 0 Å². The molecule has 0 saturated carbocycles. The first-order chi connectivity index (χ1) is 12.1. The summed E-state index contributed by atoms with van der Waals surface area (Å²) in [6.45, 7) is 4.99. The molecule has 0 unspecified atom stereocenters. The monoisotopic (exact) mass is 358 g/mol. The Morgan fingerprint density at radius 3 is 1.68 bits per heavy atom. The van der Waals surface area contributed by atoms with E-state index in [2.05, 4.69) is 13.8 Å². The summed E-state index contributed by atoms with van der Waals surface area (Å²) in [5.41, 5.74) is 0. The van der Waals surface area contributed by atoms with Crippen LogP contribution in [0, 0.1) is 0 Å². The Morgan fingerprint density at radius 1 is 0.720 bits per heavy atom. The topological polar surface area (TPSA) is 72.8 Å². The lowest BCUT2D eigenvalue weighted by Gasteiger charge is -2.10. The normalized spacial score (nSPS) is 12.0. The minimum atomic E-state index is -1.42. The summed E-state index contributed by atoms with van der Waals surface area (Å²) < 4.78 is 10.0. The fourth-order valence-corrected chi connectivity index (χ4v) is 2.52. The third-order valence-corrected chi connectivity index (χ3v) is 4.14. The number of rotatable bonds is 17. The minimum absolute atomic E-state index is 0.300. The maximum atomic E-state index is 11.6. The Hall–Kier alpha value is -1.10. The highest BCUT2D eigenvalue weighted by atomic mass is 16.6. The van der Waals surface area contributed by atoms with Crippen LogP contribution < -0.4 is 0 Å². The standard InChI is InChI=1S/C20H38O5/c1-3-5-7-9-11-13-15-24-19(22)17-18(21)20(23)25-16-14-12-10-8-6-4-2/h18,21H,3-17H2,1-2H3/t18-/m1/s1. The molecule has 25 heavy (non-hydrogen) atoms. The maximum absolute atomic E-state index is 11.6. The third-order valence-electron chi connectivity index (χ3n) is 4.14. The third kappa shape index (κ3) is 16.1. The lowest BCUT2D eigenvalue weighted by Crippen LogP contribution is -2.27. The van der Waals surface area contributed by atoms with E-state index >= 15 is 0 Å². The van der Waals surface area contributed by atoms with Gasteiger partial charge in [0.2, 0.25) is 0 Å². The second kappa shape index (κ2) is 17.7. The molecule has 0 aromatic carbocycles. The second-order valence-corrected chi connectivity index (χ2v) is 6.64. The zero-order chi connectivity index (χ0) is 18.8. The molecule has 0 aliphatic carbocycles. The van der Waals surface area contributed by atoms with Crippen LogP contribution in [0.2, 0.25) is 0 Å². The average molecular weight is 359 g/mol. The molecule has 0 amide bonds. The van der Waals surface area contributed by atoms with Crippen LogP contribution in [0.1, 0.15) is 97.3 Å². The molecule has 1 atom stereocenters. The van der Waals surface area contributed by atoms with E-state index in [0.717, 1.165) is 38.5 Å². The van der Waals surface area contributed by atoms with Gasteiger partial charge in [-0.1, -0.05) is 78.1 Å². The van der Waals surface area contributed by atoms with E-state index in [4.69, 9.17) is 9.47 Å². The van der Waals surface area contributed by atoms with Gasteiger partial charge in [-0.3, -0.25) is 4.79 Å². The van der Waals surface area contributed by atoms with Gasteiger partial charge >= 0.3 is 11.9 Å². The number of unbranched alkanes of at least 4 members (excludes halogenated alkanes) is 10. The van der Waals surface area contributed by atoms with Crippen LogP contribution in [0.4, 0.5) is 0 Å². The molecule has 0 fully saturated rings. The lowest BCUT2D eigenvalue weighted by atomic mass is 10.1. The molecule has 0 aliphatic rings. The van der Waals surface area contributed by atoms with Crippen molar-refractivity contribution in [3.63, 3.8) is 0 Å². The van der Waals surface area contributed by atoms with Gasteiger partial charge in [0, 0.05) is 0 Å². The van der Waals surface area contributed by atoms with Crippen LogP contribution >= 0.6 is 0 Å². The van der Waals surface area contributed by atoms with Crippen molar-refractivity contribution < 1.29 is 24.2 Å². The molecule has 0 bridgehead atoms. The molecule has 0 spiro atoms. The van der Waals surface area contributed by atoms with Crippen LogP contribution in [0.3, 0.4) is 0 Å². The van der Waals surface area contributed by atoms with Crippen molar-refractivity contribution in [2.24, 2.45) is 0 Å². The molecule has 0 rings (SSSR count). The van der Waals surface area contributed by atoms with E-state index in [-0.39, 0.29) is 6.42 Å². The zero-order valence-corrected chi connectivity index (χ0v) is 16.3. The van der Waals surface area contributed by atoms with Crippen molar-refractivity contribution in [3.05, 3.63) is 0 Å². The number of aliphatic hydroxyl groups excluding tert-OH is 1. The molecule has 1 N–H and O–H groups in total. The van der Waals surface area contributed by atoms with Gasteiger partial charge in [-0.05, 0) is 12.8 Å². The van der Waals surface area contributed by atoms with Crippen molar-refractivity contribution in [3.8, 4) is 0 Å². The molecule has 148 valence electrons. The molecule has 0 aliphatic heterocycles. The number of carbonyl (C=O) groups is 2. The highest BCUT2D eigenvalue weighted by molar-refractivity contribution is 5.81. The van der Waals surface area contributed by atoms with Crippen LogP contribution in [0.15, 0.2) is 0 Å². The predicted molar refractivity (Wildman–Crippen MR) is 99.3 cm³/mol. The Balaban J connectivity index is 3.56. The van der Waals surface area contributed by atoms with Crippen molar-refractivity contribution in [2.45, 2.75) is 103 Å². The van der Waals surface area contributed by atoms with Gasteiger partial charge in [0.1, 0.15) is 0 Å². The fraction of sp³-hybridized carbons (Fsp3) is 0.900. The van der Waals surface area contributed by atoms with Crippen LogP contribution in [-0.2, 0) is 19.1 Å². The molecule has 5 heteroatoms. The highest BCUT2D eigenvalue weighted by Gasteiger charge is 2.21.